The summed E-state index contributed by atoms with van der Waals surface area (Å²) in [6, 6.07) is -0.486. The molecule has 90 heavy (non-hydrogen) atoms. The van der Waals surface area contributed by atoms with Crippen molar-refractivity contribution in [3.63, 3.8) is 0 Å². The first-order valence-corrected chi connectivity index (χ1v) is 30.8. The van der Waals surface area contributed by atoms with E-state index in [-0.39, 0.29) is 18.9 Å². The number of unbranched alkanes of at least 4 members (excludes halogenated alkanes) is 3. The minimum absolute atomic E-state index is 0.00296. The fourth-order valence-corrected chi connectivity index (χ4v) is 10.5. The molecule has 0 radical (unpaired) electrons. The molecule has 3 N–H and O–H groups in total. The minimum Gasteiger partial charge on any atom is -0.463 e. The van der Waals surface area contributed by atoms with Crippen LogP contribution < -0.4 is 16.0 Å². The lowest BCUT2D eigenvalue weighted by Gasteiger charge is -2.50. The van der Waals surface area contributed by atoms with Crippen LogP contribution in [-0.2, 0) is 119 Å². The van der Waals surface area contributed by atoms with E-state index in [1.807, 2.05) is 0 Å². The topological polar surface area (TPSA) is 362 Å². The molecule has 3 aliphatic heterocycles. The van der Waals surface area contributed by atoms with Crippen LogP contribution in [0.2, 0.25) is 0 Å². The summed E-state index contributed by atoms with van der Waals surface area (Å²) in [5, 5.41) is 9.09. The van der Waals surface area contributed by atoms with Gasteiger partial charge in [-0.15, -0.1) is 0 Å². The second-order valence-corrected chi connectivity index (χ2v) is 24.2. The number of hydrogen-bond acceptors (Lipinski definition) is 27. The molecule has 3 rings (SSSR count). The Morgan fingerprint density at radius 2 is 0.922 bits per heavy atom. The number of ether oxygens (including phenoxy) is 15. The third-order valence-electron chi connectivity index (χ3n) is 14.9. The second-order valence-electron chi connectivity index (χ2n) is 24.2. The SMILES string of the molecule is CC(=O)OCC1OC(OC2C(COC(C)=O)OC(OCCCCCCC(NCCC(C)C(C)C)C(=O)NCCCNC(=O)OC(C)(C)C)C(OC(C)=O)C2OC(C)=O)C(OC(C)=O)C(OC(C)=O)C1CC1OC(COC(C)=O)C(OC(C)=O)C(OC(C)=O)C1C. The highest BCUT2D eigenvalue weighted by atomic mass is 16.8. The van der Waals surface area contributed by atoms with Gasteiger partial charge >= 0.3 is 59.8 Å². The van der Waals surface area contributed by atoms with E-state index in [2.05, 4.69) is 36.7 Å². The maximum Gasteiger partial charge on any atom is 0.407 e. The number of nitrogens with one attached hydrogen (secondary N) is 3. The van der Waals surface area contributed by atoms with E-state index in [1.165, 1.54) is 0 Å². The molecule has 0 bridgehead atoms. The van der Waals surface area contributed by atoms with Crippen molar-refractivity contribution in [3.8, 4) is 0 Å². The Hall–Kier alpha value is -6.27. The number of alkyl carbamates (subject to hydrolysis) is 1. The van der Waals surface area contributed by atoms with Crippen molar-refractivity contribution < 1.29 is 124 Å². The summed E-state index contributed by atoms with van der Waals surface area (Å²) < 4.78 is 88.6. The van der Waals surface area contributed by atoms with Crippen LogP contribution in [0.1, 0.15) is 162 Å². The van der Waals surface area contributed by atoms with Crippen LogP contribution in [0.4, 0.5) is 4.79 Å². The molecule has 0 aromatic carbocycles. The molecular formula is C61H99N3O26. The van der Waals surface area contributed by atoms with Gasteiger partial charge in [0.1, 0.15) is 62.0 Å². The first-order valence-electron chi connectivity index (χ1n) is 30.8. The van der Waals surface area contributed by atoms with E-state index >= 15 is 0 Å². The zero-order valence-electron chi connectivity index (χ0n) is 55.1. The van der Waals surface area contributed by atoms with Crippen LogP contribution >= 0.6 is 0 Å². The van der Waals surface area contributed by atoms with Crippen molar-refractivity contribution in [1.29, 1.82) is 0 Å². The lowest BCUT2D eigenvalue weighted by atomic mass is 9.78. The number of rotatable bonds is 34. The predicted molar refractivity (Wildman–Crippen MR) is 313 cm³/mol. The monoisotopic (exact) mass is 1290 g/mol. The van der Waals surface area contributed by atoms with Crippen LogP contribution in [0.5, 0.6) is 0 Å². The highest BCUT2D eigenvalue weighted by molar-refractivity contribution is 5.81. The fourth-order valence-electron chi connectivity index (χ4n) is 10.5. The van der Waals surface area contributed by atoms with Crippen molar-refractivity contribution >= 4 is 65.7 Å². The molecule has 3 fully saturated rings. The number of carbonyl (C=O) groups is 11. The third kappa shape index (κ3) is 28.1. The third-order valence-corrected chi connectivity index (χ3v) is 14.9. The molecule has 29 nitrogen and oxygen atoms in total. The van der Waals surface area contributed by atoms with Crippen LogP contribution in [0.3, 0.4) is 0 Å². The minimum atomic E-state index is -1.88. The highest BCUT2D eigenvalue weighted by Crippen LogP contribution is 2.42. The quantitative estimate of drug-likeness (QED) is 0.0463. The van der Waals surface area contributed by atoms with Gasteiger partial charge in [0, 0.05) is 93.8 Å². The van der Waals surface area contributed by atoms with E-state index in [1.54, 1.807) is 27.7 Å². The molecule has 0 aromatic heterocycles. The molecule has 514 valence electrons. The smallest absolute Gasteiger partial charge is 0.407 e. The molecule has 3 aliphatic rings. The van der Waals surface area contributed by atoms with Crippen molar-refractivity contribution in [1.82, 2.24) is 16.0 Å². The van der Waals surface area contributed by atoms with Gasteiger partial charge in [0.25, 0.3) is 0 Å². The zero-order chi connectivity index (χ0) is 67.6. The molecule has 3 heterocycles. The molecule has 2 amide bonds. The van der Waals surface area contributed by atoms with Gasteiger partial charge in [0.15, 0.2) is 37.0 Å². The molecule has 0 saturated carbocycles. The number of esters is 9. The lowest BCUT2D eigenvalue weighted by Crippen LogP contribution is -2.66. The van der Waals surface area contributed by atoms with Crippen molar-refractivity contribution in [2.24, 2.45) is 23.7 Å². The predicted octanol–water partition coefficient (Wildman–Crippen LogP) is 4.15. The lowest BCUT2D eigenvalue weighted by molar-refractivity contribution is -0.359. The van der Waals surface area contributed by atoms with E-state index in [9.17, 15) is 52.7 Å². The van der Waals surface area contributed by atoms with Crippen molar-refractivity contribution in [3.05, 3.63) is 0 Å². The van der Waals surface area contributed by atoms with E-state index in [0.717, 1.165) is 68.7 Å². The molecular weight excluding hydrogens is 1190 g/mol. The molecule has 17 atom stereocenters. The average molecular weight is 1290 g/mol. The number of hydrogen-bond donors (Lipinski definition) is 3. The van der Waals surface area contributed by atoms with Crippen molar-refractivity contribution in [2.45, 2.75) is 254 Å². The normalized spacial score (nSPS) is 27.3. The highest BCUT2D eigenvalue weighted by Gasteiger charge is 2.58. The van der Waals surface area contributed by atoms with Gasteiger partial charge in [-0.2, -0.15) is 0 Å². The number of carbonyl (C=O) groups excluding carboxylic acids is 11. The van der Waals surface area contributed by atoms with Crippen LogP contribution in [-0.4, -0.2) is 203 Å². The molecule has 29 heteroatoms. The molecule has 17 unspecified atom stereocenters. The standard InChI is InChI=1S/C61H99N3O26/c1-32(2)33(3)23-26-62-45(57(74)63-24-21-25-64-60(75)90-61(14,15)16)22-19-17-18-20-27-76-58-56(85-43(13)73)54(83-41(11)71)53(49(88-58)31-79-37(7)67)89-59-55(84-42(12)72)51(81-39(9)69)44(47(87-59)29-77-35(5)65)28-46-34(4)50(80-38(8)68)52(82-40(10)70)48(86-46)30-78-36(6)66/h32-34,44-56,58-59,62H,17-31H2,1-16H3,(H,63,74)(H,64,75). The number of amides is 2. The summed E-state index contributed by atoms with van der Waals surface area (Å²) in [6.07, 6.45) is -15.9. The Bertz CT molecular complexity index is 2370. The van der Waals surface area contributed by atoms with Crippen LogP contribution in [0.25, 0.3) is 0 Å². The van der Waals surface area contributed by atoms with Crippen LogP contribution in [0.15, 0.2) is 0 Å². The summed E-state index contributed by atoms with van der Waals surface area (Å²) in [6.45, 7) is 22.9. The van der Waals surface area contributed by atoms with Gasteiger partial charge in [0.2, 0.25) is 5.91 Å². The summed E-state index contributed by atoms with van der Waals surface area (Å²) in [5.41, 5.74) is -0.643. The first kappa shape index (κ1) is 78.0. The maximum absolute atomic E-state index is 13.5. The van der Waals surface area contributed by atoms with Gasteiger partial charge in [-0.3, -0.25) is 47.9 Å². The van der Waals surface area contributed by atoms with Crippen LogP contribution in [0, 0.1) is 23.7 Å². The Balaban J connectivity index is 1.97. The zero-order valence-corrected chi connectivity index (χ0v) is 55.1. The Morgan fingerprint density at radius 3 is 1.46 bits per heavy atom. The Kier molecular flexibility index (Phi) is 33.4. The summed E-state index contributed by atoms with van der Waals surface area (Å²) in [4.78, 5) is 140. The second kappa shape index (κ2) is 38.5. The Morgan fingerprint density at radius 1 is 0.456 bits per heavy atom. The van der Waals surface area contributed by atoms with Gasteiger partial charge in [-0.05, 0) is 71.3 Å². The van der Waals surface area contributed by atoms with Gasteiger partial charge in [0.05, 0.1) is 12.1 Å². The summed E-state index contributed by atoms with van der Waals surface area (Å²) >= 11 is 0. The van der Waals surface area contributed by atoms with E-state index < -0.39 is 183 Å². The average Bonchev–Trinajstić information content (AvgIpc) is 0.783. The largest absolute Gasteiger partial charge is 0.463 e. The van der Waals surface area contributed by atoms with Gasteiger partial charge < -0.3 is 87.0 Å². The molecule has 0 aliphatic carbocycles. The summed E-state index contributed by atoms with van der Waals surface area (Å²) in [7, 11) is 0. The first-order chi connectivity index (χ1) is 42.2. The van der Waals surface area contributed by atoms with E-state index in [4.69, 9.17) is 71.1 Å². The maximum atomic E-state index is 13.5. The fraction of sp³-hybridized carbons (Fsp3) is 0.820. The summed E-state index contributed by atoms with van der Waals surface area (Å²) in [5.74, 6) is -8.74. The van der Waals surface area contributed by atoms with Gasteiger partial charge in [-0.25, -0.2) is 4.79 Å². The van der Waals surface area contributed by atoms with Crippen molar-refractivity contribution in [2.75, 3.05) is 46.1 Å². The Labute approximate surface area is 527 Å². The van der Waals surface area contributed by atoms with E-state index in [0.29, 0.717) is 70.0 Å². The molecule has 3 saturated heterocycles. The van der Waals surface area contributed by atoms with Gasteiger partial charge in [-0.1, -0.05) is 47.0 Å². The molecule has 0 aromatic rings. The molecule has 0 spiro atoms.